The van der Waals surface area contributed by atoms with Crippen LogP contribution in [0.4, 0.5) is 10.1 Å². The summed E-state index contributed by atoms with van der Waals surface area (Å²) in [6.07, 6.45) is -0.138. The average Bonchev–Trinajstić information content (AvgIpc) is 2.55. The van der Waals surface area contributed by atoms with E-state index in [2.05, 4.69) is 4.98 Å². The number of aromatic nitrogens is 1. The second-order valence-electron chi connectivity index (χ2n) is 5.48. The fourth-order valence-corrected chi connectivity index (χ4v) is 2.53. The Bertz CT molecular complexity index is 813. The number of nitrogens with two attached hydrogens (primary N) is 1. The molecule has 0 aliphatic rings. The van der Waals surface area contributed by atoms with Crippen LogP contribution in [-0.2, 0) is 4.74 Å². The minimum Gasteiger partial charge on any atom is -0.492 e. The van der Waals surface area contributed by atoms with Gasteiger partial charge in [-0.25, -0.2) is 9.37 Å². The van der Waals surface area contributed by atoms with Gasteiger partial charge in [0.15, 0.2) is 11.6 Å². The van der Waals surface area contributed by atoms with Gasteiger partial charge in [0, 0.05) is 5.56 Å². The smallest absolute Gasteiger partial charge is 0.208 e. The molecule has 0 bridgehead atoms. The van der Waals surface area contributed by atoms with Gasteiger partial charge in [-0.1, -0.05) is 23.2 Å². The van der Waals surface area contributed by atoms with Gasteiger partial charge in [-0.3, -0.25) is 4.79 Å². The Labute approximate surface area is 154 Å². The van der Waals surface area contributed by atoms with E-state index < -0.39 is 11.6 Å². The Balaban J connectivity index is 2.52. The highest BCUT2D eigenvalue weighted by atomic mass is 35.5. The molecule has 0 aliphatic carbocycles. The van der Waals surface area contributed by atoms with Gasteiger partial charge in [-0.2, -0.15) is 0 Å². The first kappa shape index (κ1) is 19.4. The summed E-state index contributed by atoms with van der Waals surface area (Å²) >= 11 is 12.0. The first-order chi connectivity index (χ1) is 11.8. The van der Waals surface area contributed by atoms with Crippen LogP contribution in [0.3, 0.4) is 0 Å². The molecule has 134 valence electrons. The highest BCUT2D eigenvalue weighted by molar-refractivity contribution is 6.36. The second-order valence-corrected chi connectivity index (χ2v) is 6.27. The van der Waals surface area contributed by atoms with Crippen molar-refractivity contribution in [3.05, 3.63) is 39.8 Å². The van der Waals surface area contributed by atoms with Crippen molar-refractivity contribution in [3.63, 3.8) is 0 Å². The number of hydrogen-bond acceptors (Lipinski definition) is 5. The minimum atomic E-state index is -0.707. The summed E-state index contributed by atoms with van der Waals surface area (Å²) in [6, 6.07) is 4.28. The first-order valence-corrected chi connectivity index (χ1v) is 8.15. The summed E-state index contributed by atoms with van der Waals surface area (Å²) in [4.78, 5) is 16.5. The van der Waals surface area contributed by atoms with Crippen LogP contribution in [0.25, 0.3) is 11.3 Å². The maximum atomic E-state index is 14.6. The van der Waals surface area contributed by atoms with Crippen LogP contribution in [0.2, 0.25) is 10.0 Å². The number of methoxy groups -OCH3 is 1. The predicted molar refractivity (Wildman–Crippen MR) is 96.0 cm³/mol. The van der Waals surface area contributed by atoms with E-state index in [4.69, 9.17) is 38.4 Å². The third kappa shape index (κ3) is 4.21. The van der Waals surface area contributed by atoms with Gasteiger partial charge in [0.25, 0.3) is 0 Å². The maximum absolute atomic E-state index is 14.6. The van der Waals surface area contributed by atoms with Gasteiger partial charge in [0.1, 0.15) is 12.3 Å². The van der Waals surface area contributed by atoms with Crippen molar-refractivity contribution >= 4 is 34.7 Å². The normalized spacial score (nSPS) is 11.0. The standard InChI is InChI=1S/C17H17Cl2FN2O3/c1-8(2)25-7-13(23)16-14(19)11(21)6-12(22-16)9-4-5-10(18)17(24-3)15(9)20/h4-6,8H,7H2,1-3H3,(H2,21,22). The molecule has 2 rings (SSSR count). The van der Waals surface area contributed by atoms with E-state index in [1.54, 1.807) is 13.8 Å². The topological polar surface area (TPSA) is 74.4 Å². The van der Waals surface area contributed by atoms with Crippen molar-refractivity contribution in [1.82, 2.24) is 4.98 Å². The summed E-state index contributed by atoms with van der Waals surface area (Å²) in [5, 5.41) is 0.120. The van der Waals surface area contributed by atoms with Crippen molar-refractivity contribution < 1.29 is 18.7 Å². The van der Waals surface area contributed by atoms with E-state index in [-0.39, 0.29) is 51.1 Å². The zero-order valence-corrected chi connectivity index (χ0v) is 15.4. The number of anilines is 1. The number of halogens is 3. The van der Waals surface area contributed by atoms with Crippen LogP contribution in [0.1, 0.15) is 24.3 Å². The number of nitrogen functional groups attached to an aromatic ring is 1. The van der Waals surface area contributed by atoms with Crippen LogP contribution in [0.15, 0.2) is 18.2 Å². The third-order valence-electron chi connectivity index (χ3n) is 3.33. The van der Waals surface area contributed by atoms with Crippen LogP contribution in [-0.4, -0.2) is 30.6 Å². The summed E-state index contributed by atoms with van der Waals surface area (Å²) in [7, 11) is 1.30. The molecular weight excluding hydrogens is 370 g/mol. The van der Waals surface area contributed by atoms with Crippen molar-refractivity contribution in [1.29, 1.82) is 0 Å². The molecule has 5 nitrogen and oxygen atoms in total. The first-order valence-electron chi connectivity index (χ1n) is 7.39. The largest absolute Gasteiger partial charge is 0.492 e. The van der Waals surface area contributed by atoms with Crippen LogP contribution >= 0.6 is 23.2 Å². The fourth-order valence-electron chi connectivity index (χ4n) is 2.10. The van der Waals surface area contributed by atoms with Gasteiger partial charge in [-0.05, 0) is 32.0 Å². The molecule has 1 aromatic heterocycles. The molecule has 0 saturated heterocycles. The van der Waals surface area contributed by atoms with Gasteiger partial charge in [0.05, 0.1) is 34.6 Å². The Morgan fingerprint density at radius 3 is 2.64 bits per heavy atom. The average molecular weight is 387 g/mol. The molecular formula is C17H17Cl2FN2O3. The third-order valence-corrected chi connectivity index (χ3v) is 4.02. The Kier molecular flexibility index (Phi) is 6.21. The number of hydrogen-bond donors (Lipinski definition) is 1. The number of ketones is 1. The van der Waals surface area contributed by atoms with Crippen LogP contribution in [0, 0.1) is 5.82 Å². The molecule has 2 N–H and O–H groups in total. The molecule has 1 aromatic carbocycles. The number of carbonyl (C=O) groups excluding carboxylic acids is 1. The van der Waals surface area contributed by atoms with Crippen LogP contribution in [0.5, 0.6) is 5.75 Å². The lowest BCUT2D eigenvalue weighted by Crippen LogP contribution is -2.16. The molecule has 0 saturated carbocycles. The molecule has 0 radical (unpaired) electrons. The molecule has 25 heavy (non-hydrogen) atoms. The molecule has 0 amide bonds. The Morgan fingerprint density at radius 1 is 1.36 bits per heavy atom. The Hall–Kier alpha value is -1.89. The van der Waals surface area contributed by atoms with Crippen LogP contribution < -0.4 is 10.5 Å². The molecule has 0 atom stereocenters. The van der Waals surface area contributed by atoms with E-state index in [0.29, 0.717) is 0 Å². The number of rotatable bonds is 6. The second kappa shape index (κ2) is 7.99. The van der Waals surface area contributed by atoms with Gasteiger partial charge < -0.3 is 15.2 Å². The number of ether oxygens (including phenoxy) is 2. The lowest BCUT2D eigenvalue weighted by molar-refractivity contribution is 0.0581. The van der Waals surface area contributed by atoms with E-state index >= 15 is 0 Å². The molecule has 0 unspecified atom stereocenters. The van der Waals surface area contributed by atoms with Gasteiger partial charge in [-0.15, -0.1) is 0 Å². The SMILES string of the molecule is COc1c(Cl)ccc(-c2cc(N)c(Cl)c(C(=O)COC(C)C)n2)c1F. The predicted octanol–water partition coefficient (Wildman–Crippen LogP) is 4.39. The zero-order valence-electron chi connectivity index (χ0n) is 13.9. The van der Waals surface area contributed by atoms with Crippen molar-refractivity contribution in [2.45, 2.75) is 20.0 Å². The van der Waals surface area contributed by atoms with E-state index in [0.717, 1.165) is 0 Å². The fraction of sp³-hybridized carbons (Fsp3) is 0.294. The van der Waals surface area contributed by atoms with E-state index in [1.807, 2.05) is 0 Å². The monoisotopic (exact) mass is 386 g/mol. The number of benzene rings is 1. The van der Waals surface area contributed by atoms with E-state index in [9.17, 15) is 9.18 Å². The molecule has 2 aromatic rings. The molecule has 0 fully saturated rings. The number of Topliss-reactive ketones (excluding diaryl/α,β-unsaturated/α-hetero) is 1. The molecule has 8 heteroatoms. The van der Waals surface area contributed by atoms with Crippen molar-refractivity contribution in [2.24, 2.45) is 0 Å². The van der Waals surface area contributed by atoms with Gasteiger partial charge >= 0.3 is 0 Å². The highest BCUT2D eigenvalue weighted by Gasteiger charge is 2.21. The van der Waals surface area contributed by atoms with E-state index in [1.165, 1.54) is 25.3 Å². The summed E-state index contributed by atoms with van der Waals surface area (Å²) in [5.74, 6) is -1.28. The van der Waals surface area contributed by atoms with Crippen molar-refractivity contribution in [2.75, 3.05) is 19.5 Å². The quantitative estimate of drug-likeness (QED) is 0.744. The summed E-state index contributed by atoms with van der Waals surface area (Å²) in [5.41, 5.74) is 6.11. The summed E-state index contributed by atoms with van der Waals surface area (Å²) in [6.45, 7) is 3.38. The Morgan fingerprint density at radius 2 is 2.04 bits per heavy atom. The minimum absolute atomic E-state index is 0.00226. The van der Waals surface area contributed by atoms with Crippen molar-refractivity contribution in [3.8, 4) is 17.0 Å². The maximum Gasteiger partial charge on any atom is 0.208 e. The molecule has 0 spiro atoms. The lowest BCUT2D eigenvalue weighted by atomic mass is 10.1. The summed E-state index contributed by atoms with van der Waals surface area (Å²) < 4.78 is 24.8. The lowest BCUT2D eigenvalue weighted by Gasteiger charge is -2.13. The molecule has 1 heterocycles. The zero-order chi connectivity index (χ0) is 18.7. The molecule has 0 aliphatic heterocycles. The van der Waals surface area contributed by atoms with Gasteiger partial charge in [0.2, 0.25) is 5.78 Å². The number of nitrogens with zero attached hydrogens (tertiary/aromatic N) is 1. The highest BCUT2D eigenvalue weighted by Crippen LogP contribution is 2.36. The number of pyridine rings is 1. The number of carbonyl (C=O) groups is 1.